The lowest BCUT2D eigenvalue weighted by atomic mass is 9.91. The summed E-state index contributed by atoms with van der Waals surface area (Å²) >= 11 is 1.38. The number of hydrogen-bond donors (Lipinski definition) is 6. The first kappa shape index (κ1) is 29.2. The second-order valence-electron chi connectivity index (χ2n) is 9.80. The van der Waals surface area contributed by atoms with E-state index in [4.69, 9.17) is 11.1 Å². The highest BCUT2D eigenvalue weighted by atomic mass is 32.1. The standard InChI is InChI=1S/C31H30N4O5S/c1-17(2)15-34-29(37)20-6-11-24(26(14-20)31(39)40)23-10-5-19(27-12-9-22(16-36)41-27)13-25(23)30(38)35-21-7-3-18(4-8-21)28(32)33/h3-14,17,36H,15-16H2,1-2H3,(H3,32,33)(H,34,37)(H,35,38)(H,39,40). The van der Waals surface area contributed by atoms with E-state index in [1.165, 1.54) is 23.5 Å². The number of hydrogen-bond acceptors (Lipinski definition) is 6. The highest BCUT2D eigenvalue weighted by molar-refractivity contribution is 7.15. The summed E-state index contributed by atoms with van der Waals surface area (Å²) in [6.07, 6.45) is 0. The number of rotatable bonds is 10. The zero-order valence-electron chi connectivity index (χ0n) is 22.5. The number of aromatic carboxylic acids is 1. The van der Waals surface area contributed by atoms with E-state index in [0.29, 0.717) is 23.4 Å². The van der Waals surface area contributed by atoms with Crippen LogP contribution in [0.4, 0.5) is 5.69 Å². The average Bonchev–Trinajstić information content (AvgIpc) is 3.45. The summed E-state index contributed by atoms with van der Waals surface area (Å²) in [5.74, 6) is -1.97. The number of nitrogens with one attached hydrogen (secondary N) is 3. The normalized spacial score (nSPS) is 10.8. The predicted octanol–water partition coefficient (Wildman–Crippen LogP) is 5.19. The Hall–Kier alpha value is -4.80. The van der Waals surface area contributed by atoms with Crippen LogP contribution in [0.15, 0.2) is 72.8 Å². The fraction of sp³-hybridized carbons (Fsp3) is 0.161. The minimum Gasteiger partial charge on any atom is -0.478 e. The fourth-order valence-electron chi connectivity index (χ4n) is 4.17. The molecule has 4 rings (SSSR count). The fourth-order valence-corrected chi connectivity index (χ4v) is 5.03. The molecule has 2 amide bonds. The Morgan fingerprint density at radius 1 is 0.878 bits per heavy atom. The number of aliphatic hydroxyl groups is 1. The van der Waals surface area contributed by atoms with Gasteiger partial charge < -0.3 is 26.6 Å². The van der Waals surface area contributed by atoms with Gasteiger partial charge in [-0.1, -0.05) is 32.0 Å². The van der Waals surface area contributed by atoms with Gasteiger partial charge in [-0.25, -0.2) is 4.79 Å². The van der Waals surface area contributed by atoms with E-state index in [9.17, 15) is 24.6 Å². The van der Waals surface area contributed by atoms with Gasteiger partial charge in [0.05, 0.1) is 12.2 Å². The van der Waals surface area contributed by atoms with Crippen molar-refractivity contribution in [3.8, 4) is 21.6 Å². The number of amidine groups is 1. The molecule has 4 aromatic rings. The van der Waals surface area contributed by atoms with Crippen LogP contribution in [0.3, 0.4) is 0 Å². The van der Waals surface area contributed by atoms with Crippen molar-refractivity contribution in [3.63, 3.8) is 0 Å². The molecule has 1 aromatic heterocycles. The molecule has 0 bridgehead atoms. The maximum atomic E-state index is 13.7. The molecule has 9 nitrogen and oxygen atoms in total. The monoisotopic (exact) mass is 570 g/mol. The molecule has 0 unspecified atom stereocenters. The van der Waals surface area contributed by atoms with Crippen molar-refractivity contribution < 1.29 is 24.6 Å². The van der Waals surface area contributed by atoms with Crippen molar-refractivity contribution in [2.45, 2.75) is 20.5 Å². The Kier molecular flexibility index (Phi) is 8.96. The first-order valence-corrected chi connectivity index (χ1v) is 13.6. The molecule has 10 heteroatoms. The first-order valence-electron chi connectivity index (χ1n) is 12.8. The number of amides is 2. The highest BCUT2D eigenvalue weighted by Gasteiger charge is 2.22. The molecule has 1 heterocycles. The molecule has 0 atom stereocenters. The first-order chi connectivity index (χ1) is 19.6. The Morgan fingerprint density at radius 2 is 1.54 bits per heavy atom. The van der Waals surface area contributed by atoms with Gasteiger partial charge in [-0.05, 0) is 77.2 Å². The predicted molar refractivity (Wildman–Crippen MR) is 161 cm³/mol. The van der Waals surface area contributed by atoms with Crippen LogP contribution in [0.2, 0.25) is 0 Å². The van der Waals surface area contributed by atoms with Gasteiger partial charge in [0.1, 0.15) is 5.84 Å². The molecule has 210 valence electrons. The molecule has 0 radical (unpaired) electrons. The van der Waals surface area contributed by atoms with Crippen LogP contribution in [0, 0.1) is 11.3 Å². The van der Waals surface area contributed by atoms with Gasteiger partial charge in [-0.15, -0.1) is 11.3 Å². The molecule has 0 aliphatic heterocycles. The molecule has 0 saturated carbocycles. The lowest BCUT2D eigenvalue weighted by Gasteiger charge is -2.15. The van der Waals surface area contributed by atoms with Crippen molar-refractivity contribution >= 4 is 40.6 Å². The second-order valence-corrected chi connectivity index (χ2v) is 11.0. The van der Waals surface area contributed by atoms with Crippen LogP contribution in [0.1, 0.15) is 55.4 Å². The number of carbonyl (C=O) groups is 3. The number of carboxylic acids is 1. The quantitative estimate of drug-likeness (QED) is 0.113. The van der Waals surface area contributed by atoms with Gasteiger partial charge in [0.15, 0.2) is 0 Å². The molecule has 0 aliphatic rings. The van der Waals surface area contributed by atoms with Gasteiger partial charge in [-0.3, -0.25) is 15.0 Å². The molecule has 0 fully saturated rings. The summed E-state index contributed by atoms with van der Waals surface area (Å²) in [6.45, 7) is 4.26. The van der Waals surface area contributed by atoms with Gasteiger partial charge in [0.25, 0.3) is 11.8 Å². The van der Waals surface area contributed by atoms with Crippen LogP contribution in [-0.4, -0.2) is 40.4 Å². The number of benzene rings is 3. The molecule has 7 N–H and O–H groups in total. The van der Waals surface area contributed by atoms with E-state index in [1.807, 2.05) is 19.9 Å². The largest absolute Gasteiger partial charge is 0.478 e. The van der Waals surface area contributed by atoms with Crippen LogP contribution in [0.25, 0.3) is 21.6 Å². The third-order valence-electron chi connectivity index (χ3n) is 6.29. The minimum absolute atomic E-state index is 0.0985. The molecule has 0 saturated heterocycles. The Labute approximate surface area is 241 Å². The number of aliphatic hydroxyl groups excluding tert-OH is 1. The smallest absolute Gasteiger partial charge is 0.336 e. The molecular formula is C31H30N4O5S. The van der Waals surface area contributed by atoms with Gasteiger partial charge in [-0.2, -0.15) is 0 Å². The number of carboxylic acid groups (broad SMARTS) is 1. The van der Waals surface area contributed by atoms with Crippen LogP contribution < -0.4 is 16.4 Å². The minimum atomic E-state index is -1.24. The Bertz CT molecular complexity index is 1630. The summed E-state index contributed by atoms with van der Waals surface area (Å²) < 4.78 is 0. The van der Waals surface area contributed by atoms with Crippen molar-refractivity contribution in [1.29, 1.82) is 5.41 Å². The summed E-state index contributed by atoms with van der Waals surface area (Å²) in [7, 11) is 0. The summed E-state index contributed by atoms with van der Waals surface area (Å²) in [5.41, 5.74) is 8.18. The maximum absolute atomic E-state index is 13.7. The lowest BCUT2D eigenvalue weighted by molar-refractivity contribution is 0.0697. The second kappa shape index (κ2) is 12.6. The Balaban J connectivity index is 1.79. The zero-order valence-corrected chi connectivity index (χ0v) is 23.3. The van der Waals surface area contributed by atoms with Crippen LogP contribution in [-0.2, 0) is 6.61 Å². The summed E-state index contributed by atoms with van der Waals surface area (Å²) in [4.78, 5) is 40.2. The van der Waals surface area contributed by atoms with Gasteiger partial charge in [0, 0.05) is 38.7 Å². The lowest BCUT2D eigenvalue weighted by Crippen LogP contribution is -2.27. The van der Waals surface area contributed by atoms with E-state index < -0.39 is 11.9 Å². The van der Waals surface area contributed by atoms with Gasteiger partial charge in [0.2, 0.25) is 0 Å². The maximum Gasteiger partial charge on any atom is 0.336 e. The van der Waals surface area contributed by atoms with E-state index in [-0.39, 0.29) is 46.5 Å². The molecule has 3 aromatic carbocycles. The van der Waals surface area contributed by atoms with Crippen molar-refractivity contribution in [1.82, 2.24) is 5.32 Å². The Morgan fingerprint density at radius 3 is 2.15 bits per heavy atom. The molecular weight excluding hydrogens is 540 g/mol. The summed E-state index contributed by atoms with van der Waals surface area (Å²) in [6, 6.07) is 19.7. The van der Waals surface area contributed by atoms with Crippen LogP contribution in [0.5, 0.6) is 0 Å². The molecule has 0 aliphatic carbocycles. The number of thiophene rings is 1. The van der Waals surface area contributed by atoms with E-state index in [1.54, 1.807) is 54.6 Å². The zero-order chi connectivity index (χ0) is 29.7. The third-order valence-corrected chi connectivity index (χ3v) is 7.41. The number of nitrogens with two attached hydrogens (primary N) is 1. The number of anilines is 1. The summed E-state index contributed by atoms with van der Waals surface area (Å²) in [5, 5.41) is 32.8. The van der Waals surface area contributed by atoms with E-state index in [0.717, 1.165) is 15.3 Å². The van der Waals surface area contributed by atoms with Crippen molar-refractivity contribution in [3.05, 3.63) is 99.9 Å². The highest BCUT2D eigenvalue weighted by Crippen LogP contribution is 2.35. The van der Waals surface area contributed by atoms with Gasteiger partial charge >= 0.3 is 5.97 Å². The van der Waals surface area contributed by atoms with Crippen LogP contribution >= 0.6 is 11.3 Å². The average molecular weight is 571 g/mol. The van der Waals surface area contributed by atoms with E-state index in [2.05, 4.69) is 10.6 Å². The number of carbonyl (C=O) groups excluding carboxylic acids is 2. The third kappa shape index (κ3) is 6.86. The topological polar surface area (TPSA) is 166 Å². The molecule has 0 spiro atoms. The molecule has 41 heavy (non-hydrogen) atoms. The SMILES string of the molecule is CC(C)CNC(=O)c1ccc(-c2ccc(-c3ccc(CO)s3)cc2C(=O)Nc2ccc(C(=N)N)cc2)c(C(=O)O)c1. The number of nitrogen functional groups attached to an aromatic ring is 1. The van der Waals surface area contributed by atoms with Crippen molar-refractivity contribution in [2.24, 2.45) is 11.7 Å². The van der Waals surface area contributed by atoms with Crippen molar-refractivity contribution in [2.75, 3.05) is 11.9 Å². The van der Waals surface area contributed by atoms with E-state index >= 15 is 0 Å².